The number of hydrogen-bond donors (Lipinski definition) is 2. The third-order valence-electron chi connectivity index (χ3n) is 2.59. The van der Waals surface area contributed by atoms with Crippen molar-refractivity contribution in [3.8, 4) is 0 Å². The number of nitrogens with one attached hydrogen (secondary N) is 1. The molecular formula is C10H14N8O2. The van der Waals surface area contributed by atoms with Crippen LogP contribution in [-0.2, 0) is 6.54 Å². The molecule has 0 amide bonds. The molecule has 0 aliphatic carbocycles. The van der Waals surface area contributed by atoms with E-state index in [4.69, 9.17) is 5.73 Å². The normalized spacial score (nSPS) is 10.4. The number of nitrogens with zero attached hydrogens (tertiary/aromatic N) is 6. The molecule has 106 valence electrons. The van der Waals surface area contributed by atoms with Crippen LogP contribution in [0.15, 0.2) is 12.4 Å². The molecule has 10 heteroatoms. The molecule has 0 aliphatic rings. The minimum absolute atomic E-state index is 0.00637. The molecular weight excluding hydrogens is 264 g/mol. The van der Waals surface area contributed by atoms with Crippen LogP contribution < -0.4 is 11.1 Å². The Labute approximate surface area is 114 Å². The Morgan fingerprint density at radius 2 is 2.30 bits per heavy atom. The van der Waals surface area contributed by atoms with Gasteiger partial charge in [0.1, 0.15) is 5.69 Å². The number of rotatable bonds is 6. The number of aromatic nitrogens is 5. The number of nitrogen functional groups attached to an aromatic ring is 1. The lowest BCUT2D eigenvalue weighted by molar-refractivity contribution is -0.385. The molecule has 0 saturated heterocycles. The fourth-order valence-electron chi connectivity index (χ4n) is 1.73. The molecule has 2 aromatic heterocycles. The first kappa shape index (κ1) is 13.6. The van der Waals surface area contributed by atoms with Crippen molar-refractivity contribution in [1.82, 2.24) is 25.0 Å². The third kappa shape index (κ3) is 3.16. The Hall–Kier alpha value is -2.78. The largest absolute Gasteiger partial charge is 0.368 e. The van der Waals surface area contributed by atoms with E-state index in [1.165, 1.54) is 6.92 Å². The number of aryl methyl sites for hydroxylation is 2. The van der Waals surface area contributed by atoms with E-state index < -0.39 is 4.92 Å². The minimum Gasteiger partial charge on any atom is -0.368 e. The summed E-state index contributed by atoms with van der Waals surface area (Å²) in [6.07, 6.45) is 4.05. The van der Waals surface area contributed by atoms with Gasteiger partial charge in [-0.25, -0.2) is 4.98 Å². The fraction of sp³-hybridized carbons (Fsp3) is 0.400. The number of anilines is 2. The predicted molar refractivity (Wildman–Crippen MR) is 71.0 cm³/mol. The molecule has 2 heterocycles. The van der Waals surface area contributed by atoms with Crippen molar-refractivity contribution in [1.29, 1.82) is 0 Å². The van der Waals surface area contributed by atoms with Crippen molar-refractivity contribution in [2.24, 2.45) is 0 Å². The second-order valence-electron chi connectivity index (χ2n) is 4.07. The van der Waals surface area contributed by atoms with Crippen molar-refractivity contribution < 1.29 is 4.92 Å². The lowest BCUT2D eigenvalue weighted by atomic mass is 10.3. The van der Waals surface area contributed by atoms with Gasteiger partial charge in [0, 0.05) is 19.3 Å². The van der Waals surface area contributed by atoms with E-state index in [-0.39, 0.29) is 23.1 Å². The zero-order chi connectivity index (χ0) is 14.5. The Bertz CT molecular complexity index is 598. The van der Waals surface area contributed by atoms with Crippen molar-refractivity contribution in [3.05, 3.63) is 28.2 Å². The van der Waals surface area contributed by atoms with Gasteiger partial charge in [0.05, 0.1) is 11.1 Å². The first-order chi connectivity index (χ1) is 9.58. The molecule has 0 fully saturated rings. The Balaban J connectivity index is 1.99. The Kier molecular flexibility index (Phi) is 4.03. The summed E-state index contributed by atoms with van der Waals surface area (Å²) >= 11 is 0. The van der Waals surface area contributed by atoms with Crippen LogP contribution in [0.1, 0.15) is 12.1 Å². The monoisotopic (exact) mass is 278 g/mol. The van der Waals surface area contributed by atoms with Gasteiger partial charge in [-0.1, -0.05) is 5.21 Å². The van der Waals surface area contributed by atoms with E-state index >= 15 is 0 Å². The van der Waals surface area contributed by atoms with Crippen LogP contribution in [0, 0.1) is 17.0 Å². The number of nitrogens with two attached hydrogens (primary N) is 1. The topological polar surface area (TPSA) is 138 Å². The molecule has 0 aliphatic heterocycles. The van der Waals surface area contributed by atoms with Gasteiger partial charge in [-0.2, -0.15) is 4.98 Å². The summed E-state index contributed by atoms with van der Waals surface area (Å²) < 4.78 is 1.68. The fourth-order valence-corrected chi connectivity index (χ4v) is 1.73. The summed E-state index contributed by atoms with van der Waals surface area (Å²) in [6, 6.07) is 0. The molecule has 0 aromatic carbocycles. The molecule has 0 atom stereocenters. The van der Waals surface area contributed by atoms with Gasteiger partial charge < -0.3 is 11.1 Å². The summed E-state index contributed by atoms with van der Waals surface area (Å²) in [5.74, 6) is 0.144. The summed E-state index contributed by atoms with van der Waals surface area (Å²) in [4.78, 5) is 18.1. The summed E-state index contributed by atoms with van der Waals surface area (Å²) in [7, 11) is 0. The van der Waals surface area contributed by atoms with Gasteiger partial charge >= 0.3 is 5.69 Å². The van der Waals surface area contributed by atoms with E-state index in [0.29, 0.717) is 19.5 Å². The van der Waals surface area contributed by atoms with E-state index in [1.54, 1.807) is 17.1 Å². The van der Waals surface area contributed by atoms with Gasteiger partial charge in [-0.3, -0.25) is 14.8 Å². The molecule has 0 saturated carbocycles. The minimum atomic E-state index is -0.519. The highest BCUT2D eigenvalue weighted by Gasteiger charge is 2.20. The van der Waals surface area contributed by atoms with Gasteiger partial charge in [0.2, 0.25) is 11.8 Å². The lowest BCUT2D eigenvalue weighted by Gasteiger charge is -2.08. The van der Waals surface area contributed by atoms with Crippen LogP contribution in [-0.4, -0.2) is 36.4 Å². The molecule has 2 aromatic rings. The standard InChI is InChI=1S/C10H14N8O2/c1-7-8(18(19)20)9(15-10(11)14-7)12-3-2-5-17-6-4-13-16-17/h4,6H,2-3,5H2,1H3,(H3,11,12,14,15). The first-order valence-corrected chi connectivity index (χ1v) is 5.94. The highest BCUT2D eigenvalue weighted by molar-refractivity contribution is 5.60. The highest BCUT2D eigenvalue weighted by atomic mass is 16.6. The second kappa shape index (κ2) is 5.91. The second-order valence-corrected chi connectivity index (χ2v) is 4.07. The van der Waals surface area contributed by atoms with E-state index in [9.17, 15) is 10.1 Å². The summed E-state index contributed by atoms with van der Waals surface area (Å²) in [5, 5.41) is 21.4. The van der Waals surface area contributed by atoms with Crippen LogP contribution in [0.2, 0.25) is 0 Å². The van der Waals surface area contributed by atoms with Crippen LogP contribution in [0.4, 0.5) is 17.5 Å². The van der Waals surface area contributed by atoms with E-state index in [2.05, 4.69) is 25.6 Å². The summed E-state index contributed by atoms with van der Waals surface area (Å²) in [6.45, 7) is 2.67. The van der Waals surface area contributed by atoms with Gasteiger partial charge in [0.25, 0.3) is 0 Å². The zero-order valence-electron chi connectivity index (χ0n) is 10.9. The maximum atomic E-state index is 11.0. The van der Waals surface area contributed by atoms with Crippen molar-refractivity contribution in [2.75, 3.05) is 17.6 Å². The average Bonchev–Trinajstić information content (AvgIpc) is 2.86. The Morgan fingerprint density at radius 1 is 1.50 bits per heavy atom. The predicted octanol–water partition coefficient (Wildman–Crippen LogP) is 0.369. The van der Waals surface area contributed by atoms with Gasteiger partial charge in [-0.05, 0) is 13.3 Å². The molecule has 0 spiro atoms. The zero-order valence-corrected chi connectivity index (χ0v) is 10.9. The molecule has 20 heavy (non-hydrogen) atoms. The van der Waals surface area contributed by atoms with E-state index in [0.717, 1.165) is 0 Å². The lowest BCUT2D eigenvalue weighted by Crippen LogP contribution is -2.12. The maximum absolute atomic E-state index is 11.0. The smallest absolute Gasteiger partial charge is 0.332 e. The van der Waals surface area contributed by atoms with Gasteiger partial charge in [-0.15, -0.1) is 5.10 Å². The van der Waals surface area contributed by atoms with Crippen molar-refractivity contribution in [3.63, 3.8) is 0 Å². The molecule has 3 N–H and O–H groups in total. The number of hydrogen-bond acceptors (Lipinski definition) is 8. The molecule has 2 rings (SSSR count). The molecule has 0 unspecified atom stereocenters. The quantitative estimate of drug-likeness (QED) is 0.439. The Morgan fingerprint density at radius 3 is 2.95 bits per heavy atom. The third-order valence-corrected chi connectivity index (χ3v) is 2.59. The first-order valence-electron chi connectivity index (χ1n) is 5.94. The van der Waals surface area contributed by atoms with Crippen LogP contribution in [0.25, 0.3) is 0 Å². The average molecular weight is 278 g/mol. The summed E-state index contributed by atoms with van der Waals surface area (Å²) in [5.41, 5.74) is 5.59. The SMILES string of the molecule is Cc1nc(N)nc(NCCCn2ccnn2)c1[N+](=O)[O-]. The van der Waals surface area contributed by atoms with Crippen LogP contribution in [0.5, 0.6) is 0 Å². The van der Waals surface area contributed by atoms with Crippen LogP contribution in [0.3, 0.4) is 0 Å². The van der Waals surface area contributed by atoms with Crippen molar-refractivity contribution >= 4 is 17.5 Å². The molecule has 0 bridgehead atoms. The van der Waals surface area contributed by atoms with Gasteiger partial charge in [0.15, 0.2) is 0 Å². The van der Waals surface area contributed by atoms with Crippen molar-refractivity contribution in [2.45, 2.75) is 19.9 Å². The highest BCUT2D eigenvalue weighted by Crippen LogP contribution is 2.25. The van der Waals surface area contributed by atoms with Crippen LogP contribution >= 0.6 is 0 Å². The maximum Gasteiger partial charge on any atom is 0.332 e. The number of nitro groups is 1. The molecule has 10 nitrogen and oxygen atoms in total. The molecule has 0 radical (unpaired) electrons. The van der Waals surface area contributed by atoms with E-state index in [1.807, 2.05) is 0 Å².